The third-order valence-corrected chi connectivity index (χ3v) is 2.76. The summed E-state index contributed by atoms with van der Waals surface area (Å²) in [5.74, 6) is -1.77. The summed E-state index contributed by atoms with van der Waals surface area (Å²) in [6.07, 6.45) is -0.157. The molecule has 0 radical (unpaired) electrons. The highest BCUT2D eigenvalue weighted by Gasteiger charge is 2.13. The van der Waals surface area contributed by atoms with E-state index < -0.39 is 11.6 Å². The van der Waals surface area contributed by atoms with Gasteiger partial charge in [0.1, 0.15) is 11.6 Å². The van der Waals surface area contributed by atoms with Crippen molar-refractivity contribution < 1.29 is 13.6 Å². The van der Waals surface area contributed by atoms with Gasteiger partial charge in [0, 0.05) is 6.07 Å². The van der Waals surface area contributed by atoms with E-state index in [1.807, 2.05) is 0 Å². The molecule has 6 heteroatoms. The summed E-state index contributed by atoms with van der Waals surface area (Å²) in [4.78, 5) is 11.8. The third kappa shape index (κ3) is 2.96. The molecule has 0 unspecified atom stereocenters. The molecule has 2 N–H and O–H groups in total. The maximum Gasteiger partial charge on any atom is 0.229 e. The van der Waals surface area contributed by atoms with Gasteiger partial charge in [0.15, 0.2) is 0 Å². The number of benzene rings is 1. The Kier molecular flexibility index (Phi) is 3.59. The Hall–Kier alpha value is -2.24. The molecule has 0 aliphatic heterocycles. The summed E-state index contributed by atoms with van der Waals surface area (Å²) in [5.41, 5.74) is 2.13. The van der Waals surface area contributed by atoms with Crippen molar-refractivity contribution in [2.45, 2.75) is 20.3 Å². The lowest BCUT2D eigenvalue weighted by atomic mass is 10.1. The maximum absolute atomic E-state index is 13.4. The van der Waals surface area contributed by atoms with E-state index in [0.29, 0.717) is 11.4 Å². The lowest BCUT2D eigenvalue weighted by Gasteiger charge is -2.06. The van der Waals surface area contributed by atoms with Crippen LogP contribution in [0.3, 0.4) is 0 Å². The first-order valence-electron chi connectivity index (χ1n) is 5.72. The summed E-state index contributed by atoms with van der Waals surface area (Å²) in [6.45, 7) is 3.52. The standard InChI is InChI=1S/C13H13F2N3O/c1-7-13(8(2)18-17-7)16-12(19)5-9-3-4-10(14)6-11(9)15/h3-4,6H,5H2,1-2H3,(H,16,19)(H,17,18). The molecule has 1 heterocycles. The Labute approximate surface area is 108 Å². The van der Waals surface area contributed by atoms with Crippen LogP contribution in [0, 0.1) is 25.5 Å². The molecule has 0 fully saturated rings. The highest BCUT2D eigenvalue weighted by atomic mass is 19.1. The number of anilines is 1. The normalized spacial score (nSPS) is 10.5. The fraction of sp³-hybridized carbons (Fsp3) is 0.231. The minimum atomic E-state index is -0.726. The first kappa shape index (κ1) is 13.2. The molecule has 0 saturated heterocycles. The van der Waals surface area contributed by atoms with E-state index in [-0.39, 0.29) is 17.9 Å². The topological polar surface area (TPSA) is 57.8 Å². The molecule has 2 rings (SSSR count). The number of aromatic amines is 1. The van der Waals surface area contributed by atoms with E-state index in [4.69, 9.17) is 0 Å². The maximum atomic E-state index is 13.4. The molecule has 0 spiro atoms. The molecule has 0 aliphatic carbocycles. The highest BCUT2D eigenvalue weighted by molar-refractivity contribution is 5.93. The first-order chi connectivity index (χ1) is 8.97. The number of rotatable bonds is 3. The molecule has 1 amide bonds. The van der Waals surface area contributed by atoms with Crippen LogP contribution in [0.4, 0.5) is 14.5 Å². The Morgan fingerprint density at radius 1 is 1.37 bits per heavy atom. The first-order valence-corrected chi connectivity index (χ1v) is 5.72. The van der Waals surface area contributed by atoms with Crippen LogP contribution in [-0.4, -0.2) is 16.1 Å². The van der Waals surface area contributed by atoms with Crippen molar-refractivity contribution in [1.29, 1.82) is 0 Å². The average Bonchev–Trinajstić information content (AvgIpc) is 2.65. The van der Waals surface area contributed by atoms with Crippen LogP contribution >= 0.6 is 0 Å². The molecule has 0 bridgehead atoms. The number of amides is 1. The van der Waals surface area contributed by atoms with Crippen molar-refractivity contribution >= 4 is 11.6 Å². The quantitative estimate of drug-likeness (QED) is 0.895. The van der Waals surface area contributed by atoms with Crippen LogP contribution in [0.2, 0.25) is 0 Å². The fourth-order valence-corrected chi connectivity index (χ4v) is 1.76. The lowest BCUT2D eigenvalue weighted by Crippen LogP contribution is -2.16. The van der Waals surface area contributed by atoms with E-state index in [0.717, 1.165) is 17.8 Å². The average molecular weight is 265 g/mol. The van der Waals surface area contributed by atoms with Crippen LogP contribution in [-0.2, 0) is 11.2 Å². The summed E-state index contributed by atoms with van der Waals surface area (Å²) in [5, 5.41) is 9.33. The van der Waals surface area contributed by atoms with Crippen molar-refractivity contribution in [3.8, 4) is 0 Å². The van der Waals surface area contributed by atoms with Gasteiger partial charge in [-0.25, -0.2) is 8.78 Å². The van der Waals surface area contributed by atoms with Gasteiger partial charge in [-0.2, -0.15) is 5.10 Å². The molecule has 4 nitrogen and oxygen atoms in total. The molecule has 0 atom stereocenters. The minimum absolute atomic E-state index is 0.151. The second kappa shape index (κ2) is 5.17. The number of carbonyl (C=O) groups excluding carboxylic acids is 1. The van der Waals surface area contributed by atoms with Crippen LogP contribution in [0.25, 0.3) is 0 Å². The zero-order valence-corrected chi connectivity index (χ0v) is 10.6. The SMILES string of the molecule is Cc1n[nH]c(C)c1NC(=O)Cc1ccc(F)cc1F. The van der Waals surface area contributed by atoms with Gasteiger partial charge in [0.2, 0.25) is 5.91 Å². The molecule has 0 saturated carbocycles. The van der Waals surface area contributed by atoms with Crippen molar-refractivity contribution in [1.82, 2.24) is 10.2 Å². The highest BCUT2D eigenvalue weighted by Crippen LogP contribution is 2.17. The van der Waals surface area contributed by atoms with E-state index in [9.17, 15) is 13.6 Å². The minimum Gasteiger partial charge on any atom is -0.323 e. The van der Waals surface area contributed by atoms with Crippen LogP contribution in [0.15, 0.2) is 18.2 Å². The zero-order valence-electron chi connectivity index (χ0n) is 10.6. The van der Waals surface area contributed by atoms with Gasteiger partial charge in [-0.1, -0.05) is 6.07 Å². The van der Waals surface area contributed by atoms with Gasteiger partial charge >= 0.3 is 0 Å². The number of carbonyl (C=O) groups is 1. The Balaban J connectivity index is 2.10. The predicted molar refractivity (Wildman–Crippen MR) is 66.8 cm³/mol. The molecule has 1 aromatic heterocycles. The molecule has 100 valence electrons. The molecule has 19 heavy (non-hydrogen) atoms. The molecule has 0 aliphatic rings. The van der Waals surface area contributed by atoms with Gasteiger partial charge in [-0.05, 0) is 25.5 Å². The number of aromatic nitrogens is 2. The van der Waals surface area contributed by atoms with Crippen molar-refractivity contribution in [3.05, 3.63) is 46.8 Å². The monoisotopic (exact) mass is 265 g/mol. The second-order valence-corrected chi connectivity index (χ2v) is 4.27. The largest absolute Gasteiger partial charge is 0.323 e. The smallest absolute Gasteiger partial charge is 0.229 e. The fourth-order valence-electron chi connectivity index (χ4n) is 1.76. The van der Waals surface area contributed by atoms with E-state index in [2.05, 4.69) is 15.5 Å². The Morgan fingerprint density at radius 3 is 2.68 bits per heavy atom. The van der Waals surface area contributed by atoms with Gasteiger partial charge < -0.3 is 5.32 Å². The molecule has 1 aromatic carbocycles. The molecule has 2 aromatic rings. The number of hydrogen-bond donors (Lipinski definition) is 2. The van der Waals surface area contributed by atoms with Crippen molar-refractivity contribution in [3.63, 3.8) is 0 Å². The van der Waals surface area contributed by atoms with Crippen LogP contribution in [0.5, 0.6) is 0 Å². The summed E-state index contributed by atoms with van der Waals surface area (Å²) >= 11 is 0. The van der Waals surface area contributed by atoms with Crippen LogP contribution in [0.1, 0.15) is 17.0 Å². The number of hydrogen-bond acceptors (Lipinski definition) is 2. The number of aryl methyl sites for hydroxylation is 2. The van der Waals surface area contributed by atoms with E-state index in [1.165, 1.54) is 6.07 Å². The van der Waals surface area contributed by atoms with Crippen molar-refractivity contribution in [2.24, 2.45) is 0 Å². The Bertz CT molecular complexity index is 603. The Morgan fingerprint density at radius 2 is 2.11 bits per heavy atom. The summed E-state index contributed by atoms with van der Waals surface area (Å²) < 4.78 is 26.2. The van der Waals surface area contributed by atoms with E-state index >= 15 is 0 Å². The van der Waals surface area contributed by atoms with Gasteiger partial charge in [0.25, 0.3) is 0 Å². The number of H-pyrrole nitrogens is 1. The zero-order chi connectivity index (χ0) is 14.0. The summed E-state index contributed by atoms with van der Waals surface area (Å²) in [7, 11) is 0. The number of nitrogens with zero attached hydrogens (tertiary/aromatic N) is 1. The van der Waals surface area contributed by atoms with E-state index in [1.54, 1.807) is 13.8 Å². The lowest BCUT2D eigenvalue weighted by molar-refractivity contribution is -0.115. The van der Waals surface area contributed by atoms with Crippen molar-refractivity contribution in [2.75, 3.05) is 5.32 Å². The van der Waals surface area contributed by atoms with Crippen LogP contribution < -0.4 is 5.32 Å². The molecular formula is C13H13F2N3O. The van der Waals surface area contributed by atoms with Gasteiger partial charge in [0.05, 0.1) is 23.5 Å². The summed E-state index contributed by atoms with van der Waals surface area (Å²) in [6, 6.07) is 3.15. The van der Waals surface area contributed by atoms with Gasteiger partial charge in [-0.15, -0.1) is 0 Å². The number of halogens is 2. The predicted octanol–water partition coefficient (Wildman–Crippen LogP) is 2.49. The second-order valence-electron chi connectivity index (χ2n) is 4.27. The third-order valence-electron chi connectivity index (χ3n) is 2.76. The molecular weight excluding hydrogens is 252 g/mol. The van der Waals surface area contributed by atoms with Gasteiger partial charge in [-0.3, -0.25) is 9.89 Å². The number of nitrogens with one attached hydrogen (secondary N) is 2.